The number of sulfonamides is 1. The van der Waals surface area contributed by atoms with E-state index in [9.17, 15) is 23.1 Å². The van der Waals surface area contributed by atoms with Gasteiger partial charge in [0.25, 0.3) is 5.91 Å². The monoisotopic (exact) mass is 555 g/mol. The SMILES string of the molecule is Cc1cc(Cn2c(O)c[nH]c2=O)cc(C)c1C=CS(=O)(=O)N1CCC2(CC1)N=C(C1CCC(C)CC1)NC2=O. The first-order valence-corrected chi connectivity index (χ1v) is 15.1. The zero-order chi connectivity index (χ0) is 27.9. The second kappa shape index (κ2) is 10.4. The Kier molecular flexibility index (Phi) is 7.32. The average Bonchev–Trinajstić information content (AvgIpc) is 3.37. The molecule has 1 amide bonds. The van der Waals surface area contributed by atoms with Crippen LogP contribution in [0, 0.1) is 25.7 Å². The third-order valence-electron chi connectivity index (χ3n) is 8.56. The number of aryl methyl sites for hydroxylation is 2. The fraction of sp³-hybridized carbons (Fsp3) is 0.536. The van der Waals surface area contributed by atoms with Crippen LogP contribution in [0.1, 0.15) is 67.7 Å². The molecule has 10 nitrogen and oxygen atoms in total. The molecule has 0 unspecified atom stereocenters. The van der Waals surface area contributed by atoms with Crippen LogP contribution in [-0.4, -0.2) is 57.8 Å². The summed E-state index contributed by atoms with van der Waals surface area (Å²) in [6.07, 6.45) is 7.95. The van der Waals surface area contributed by atoms with Gasteiger partial charge in [0.15, 0.2) is 0 Å². The summed E-state index contributed by atoms with van der Waals surface area (Å²) in [5.74, 6) is 1.57. The van der Waals surface area contributed by atoms with Crippen LogP contribution in [0.4, 0.5) is 0 Å². The van der Waals surface area contributed by atoms with E-state index in [0.717, 1.165) is 53.8 Å². The molecule has 3 N–H and O–H groups in total. The molecule has 1 aromatic carbocycles. The van der Waals surface area contributed by atoms with Gasteiger partial charge < -0.3 is 15.4 Å². The van der Waals surface area contributed by atoms with Gasteiger partial charge in [-0.05, 0) is 73.8 Å². The van der Waals surface area contributed by atoms with Gasteiger partial charge in [-0.1, -0.05) is 31.9 Å². The van der Waals surface area contributed by atoms with E-state index >= 15 is 0 Å². The lowest BCUT2D eigenvalue weighted by atomic mass is 9.82. The third-order valence-corrected chi connectivity index (χ3v) is 10.1. The first-order valence-electron chi connectivity index (χ1n) is 13.6. The zero-order valence-corrected chi connectivity index (χ0v) is 23.6. The number of nitrogens with one attached hydrogen (secondary N) is 2. The minimum Gasteiger partial charge on any atom is -0.493 e. The van der Waals surface area contributed by atoms with Crippen LogP contribution in [0.3, 0.4) is 0 Å². The molecule has 1 aromatic heterocycles. The van der Waals surface area contributed by atoms with E-state index in [-0.39, 0.29) is 31.4 Å². The van der Waals surface area contributed by atoms with Gasteiger partial charge in [-0.2, -0.15) is 4.31 Å². The molecule has 2 aromatic rings. The predicted molar refractivity (Wildman–Crippen MR) is 150 cm³/mol. The van der Waals surface area contributed by atoms with E-state index in [1.165, 1.54) is 20.5 Å². The number of aromatic hydroxyl groups is 1. The van der Waals surface area contributed by atoms with Gasteiger partial charge >= 0.3 is 5.69 Å². The molecule has 210 valence electrons. The number of aliphatic imine (C=N–C) groups is 1. The lowest BCUT2D eigenvalue weighted by molar-refractivity contribution is -0.125. The van der Waals surface area contributed by atoms with Crippen LogP contribution >= 0.6 is 0 Å². The van der Waals surface area contributed by atoms with Gasteiger partial charge in [0.2, 0.25) is 15.9 Å². The number of carbonyl (C=O) groups excluding carboxylic acids is 1. The van der Waals surface area contributed by atoms with Crippen molar-refractivity contribution >= 4 is 27.8 Å². The third kappa shape index (κ3) is 5.47. The smallest absolute Gasteiger partial charge is 0.328 e. The summed E-state index contributed by atoms with van der Waals surface area (Å²) in [7, 11) is -3.69. The van der Waals surface area contributed by atoms with Crippen LogP contribution in [0.25, 0.3) is 6.08 Å². The number of imidazole rings is 1. The number of H-pyrrole nitrogens is 1. The topological polar surface area (TPSA) is 137 Å². The highest BCUT2D eigenvalue weighted by atomic mass is 32.2. The fourth-order valence-corrected chi connectivity index (χ4v) is 7.27. The van der Waals surface area contributed by atoms with Crippen LogP contribution in [0.5, 0.6) is 5.88 Å². The second-order valence-electron chi connectivity index (χ2n) is 11.4. The summed E-state index contributed by atoms with van der Waals surface area (Å²) in [6.45, 7) is 6.71. The predicted octanol–water partition coefficient (Wildman–Crippen LogP) is 3.04. The molecular formula is C28H37N5O5S. The molecule has 11 heteroatoms. The van der Waals surface area contributed by atoms with Gasteiger partial charge in [0.1, 0.15) is 11.4 Å². The second-order valence-corrected chi connectivity index (χ2v) is 13.2. The summed E-state index contributed by atoms with van der Waals surface area (Å²) in [5.41, 5.74) is 2.07. The molecule has 0 atom stereocenters. The van der Waals surface area contributed by atoms with E-state index in [2.05, 4.69) is 17.2 Å². The van der Waals surface area contributed by atoms with Gasteiger partial charge in [-0.25, -0.2) is 13.2 Å². The molecular weight excluding hydrogens is 518 g/mol. The van der Waals surface area contributed by atoms with E-state index in [4.69, 9.17) is 4.99 Å². The Bertz CT molecular complexity index is 1460. The van der Waals surface area contributed by atoms with Gasteiger partial charge in [0, 0.05) is 24.4 Å². The minimum atomic E-state index is -3.69. The number of nitrogens with zero attached hydrogens (tertiary/aromatic N) is 3. The molecule has 3 heterocycles. The Labute approximate surface area is 228 Å². The highest BCUT2D eigenvalue weighted by molar-refractivity contribution is 7.92. The number of amidine groups is 1. The lowest BCUT2D eigenvalue weighted by Gasteiger charge is -2.34. The Morgan fingerprint density at radius 2 is 1.74 bits per heavy atom. The number of carbonyl (C=O) groups is 1. The molecule has 2 fully saturated rings. The van der Waals surface area contributed by atoms with Gasteiger partial charge in [0.05, 0.1) is 12.7 Å². The van der Waals surface area contributed by atoms with Gasteiger partial charge in [-0.3, -0.25) is 14.4 Å². The van der Waals surface area contributed by atoms with Crippen molar-refractivity contribution < 1.29 is 18.3 Å². The van der Waals surface area contributed by atoms with Gasteiger partial charge in [-0.15, -0.1) is 0 Å². The zero-order valence-electron chi connectivity index (χ0n) is 22.7. The Balaban J connectivity index is 1.26. The molecule has 1 aliphatic carbocycles. The number of rotatable bonds is 6. The molecule has 5 rings (SSSR count). The molecule has 1 saturated carbocycles. The average molecular weight is 556 g/mol. The number of amides is 1. The number of hydrogen-bond donors (Lipinski definition) is 3. The first-order chi connectivity index (χ1) is 18.5. The Morgan fingerprint density at radius 3 is 2.33 bits per heavy atom. The number of hydrogen-bond acceptors (Lipinski definition) is 6. The molecule has 0 bridgehead atoms. The highest BCUT2D eigenvalue weighted by Crippen LogP contribution is 2.36. The molecule has 0 radical (unpaired) electrons. The van der Waals surface area contributed by atoms with E-state index in [1.807, 2.05) is 26.0 Å². The maximum Gasteiger partial charge on any atom is 0.328 e. The van der Waals surface area contributed by atoms with Crippen molar-refractivity contribution in [3.63, 3.8) is 0 Å². The number of piperidine rings is 1. The molecule has 3 aliphatic rings. The quantitative estimate of drug-likeness (QED) is 0.503. The van der Waals surface area contributed by atoms with Crippen LogP contribution < -0.4 is 11.0 Å². The Morgan fingerprint density at radius 1 is 1.10 bits per heavy atom. The standard InChI is InChI=1S/C28H37N5O5S/c1-18-4-6-22(7-5-18)25-30-26(35)28(31-25)9-11-32(12-10-28)39(37,38)13-8-23-19(2)14-21(15-20(23)3)17-33-24(34)16-29-27(33)36/h8,13-16,18,22,34H,4-7,9-12,17H2,1-3H3,(H,29,36)(H,30,31,35). The van der Waals surface area contributed by atoms with Crippen LogP contribution in [0.2, 0.25) is 0 Å². The normalized spacial score (nSPS) is 23.9. The number of benzene rings is 1. The largest absolute Gasteiger partial charge is 0.493 e. The van der Waals surface area contributed by atoms with E-state index < -0.39 is 21.3 Å². The van der Waals surface area contributed by atoms with Crippen molar-refractivity contribution in [3.05, 3.63) is 56.5 Å². The fourth-order valence-electron chi connectivity index (χ4n) is 6.10. The summed E-state index contributed by atoms with van der Waals surface area (Å²) in [6, 6.07) is 3.76. The summed E-state index contributed by atoms with van der Waals surface area (Å²) < 4.78 is 29.0. The molecule has 1 saturated heterocycles. The van der Waals surface area contributed by atoms with E-state index in [1.54, 1.807) is 6.08 Å². The summed E-state index contributed by atoms with van der Waals surface area (Å²) in [5, 5.41) is 14.1. The van der Waals surface area contributed by atoms with Crippen molar-refractivity contribution in [2.75, 3.05) is 13.1 Å². The molecule has 39 heavy (non-hydrogen) atoms. The minimum absolute atomic E-state index is 0.0923. The van der Waals surface area contributed by atoms with E-state index in [0.29, 0.717) is 24.7 Å². The maximum absolute atomic E-state index is 13.2. The first kappa shape index (κ1) is 27.4. The van der Waals surface area contributed by atoms with Crippen molar-refractivity contribution in [1.29, 1.82) is 0 Å². The Hall–Kier alpha value is -3.18. The highest BCUT2D eigenvalue weighted by Gasteiger charge is 2.48. The number of aromatic amines is 1. The summed E-state index contributed by atoms with van der Waals surface area (Å²) >= 11 is 0. The maximum atomic E-state index is 13.2. The van der Waals surface area contributed by atoms with Crippen molar-refractivity contribution in [3.8, 4) is 5.88 Å². The van der Waals surface area contributed by atoms with Crippen molar-refractivity contribution in [2.45, 2.75) is 71.4 Å². The molecule has 2 aliphatic heterocycles. The van der Waals surface area contributed by atoms with Crippen molar-refractivity contribution in [2.24, 2.45) is 16.8 Å². The van der Waals surface area contributed by atoms with Crippen LogP contribution in [-0.2, 0) is 21.4 Å². The molecule has 1 spiro atoms. The summed E-state index contributed by atoms with van der Waals surface area (Å²) in [4.78, 5) is 32.1. The van der Waals surface area contributed by atoms with Crippen molar-refractivity contribution in [1.82, 2.24) is 19.2 Å². The van der Waals surface area contributed by atoms with Crippen LogP contribution in [0.15, 0.2) is 33.5 Å². The number of aromatic nitrogens is 2. The lowest BCUT2D eigenvalue weighted by Crippen LogP contribution is -2.50.